The number of benzene rings is 2. The first-order valence-corrected chi connectivity index (χ1v) is 11.2. The molecular formula is C25H27N7O. The summed E-state index contributed by atoms with van der Waals surface area (Å²) < 4.78 is 7.42. The fourth-order valence-corrected chi connectivity index (χ4v) is 4.31. The van der Waals surface area contributed by atoms with Gasteiger partial charge in [0.25, 0.3) is 0 Å². The maximum atomic E-state index is 5.57. The number of aromatic nitrogens is 5. The van der Waals surface area contributed by atoms with Crippen LogP contribution < -0.4 is 10.2 Å². The second-order valence-electron chi connectivity index (χ2n) is 8.15. The van der Waals surface area contributed by atoms with Gasteiger partial charge in [-0.25, -0.2) is 0 Å². The molecule has 0 spiro atoms. The van der Waals surface area contributed by atoms with Crippen LogP contribution in [0.3, 0.4) is 0 Å². The third kappa shape index (κ3) is 3.72. The Morgan fingerprint density at radius 1 is 0.879 bits per heavy atom. The van der Waals surface area contributed by atoms with E-state index in [2.05, 4.69) is 43.8 Å². The van der Waals surface area contributed by atoms with Crippen LogP contribution in [-0.4, -0.2) is 52.2 Å². The monoisotopic (exact) mass is 441 g/mol. The summed E-state index contributed by atoms with van der Waals surface area (Å²) in [6.07, 6.45) is 2.37. The largest absolute Gasteiger partial charge is 0.360 e. The normalized spacial score (nSPS) is 13.5. The third-order valence-corrected chi connectivity index (χ3v) is 5.78. The van der Waals surface area contributed by atoms with Crippen molar-refractivity contribution in [2.75, 3.05) is 32.1 Å². The van der Waals surface area contributed by atoms with Crippen molar-refractivity contribution in [3.8, 4) is 22.6 Å². The topological polar surface area (TPSA) is 84.4 Å². The molecule has 1 aliphatic heterocycles. The van der Waals surface area contributed by atoms with Gasteiger partial charge >= 0.3 is 0 Å². The van der Waals surface area contributed by atoms with E-state index < -0.39 is 0 Å². The molecule has 1 N–H and O–H groups in total. The van der Waals surface area contributed by atoms with E-state index in [0.717, 1.165) is 52.1 Å². The molecule has 1 fully saturated rings. The predicted molar refractivity (Wildman–Crippen MR) is 130 cm³/mol. The van der Waals surface area contributed by atoms with Gasteiger partial charge in [-0.3, -0.25) is 0 Å². The fourth-order valence-electron chi connectivity index (χ4n) is 4.31. The van der Waals surface area contributed by atoms with E-state index >= 15 is 0 Å². The first-order chi connectivity index (χ1) is 16.2. The average molecular weight is 442 g/mol. The number of aryl methyl sites for hydroxylation is 1. The minimum absolute atomic E-state index is 0.647. The third-order valence-electron chi connectivity index (χ3n) is 5.78. The van der Waals surface area contributed by atoms with Gasteiger partial charge in [-0.2, -0.15) is 4.52 Å². The first kappa shape index (κ1) is 21.1. The van der Waals surface area contributed by atoms with Crippen LogP contribution in [0.1, 0.15) is 18.6 Å². The van der Waals surface area contributed by atoms with Crippen LogP contribution in [0.2, 0.25) is 0 Å². The van der Waals surface area contributed by atoms with E-state index in [4.69, 9.17) is 9.62 Å². The maximum absolute atomic E-state index is 5.57. The highest BCUT2D eigenvalue weighted by molar-refractivity contribution is 6.00. The summed E-state index contributed by atoms with van der Waals surface area (Å²) in [6, 6.07) is 18.3. The Morgan fingerprint density at radius 3 is 2.27 bits per heavy atom. The molecule has 1 aliphatic rings. The minimum Gasteiger partial charge on any atom is -0.360 e. The molecular weight excluding hydrogens is 414 g/mol. The standard InChI is InChI=1S/C23H20N6O.C2H7N/c1-15-19(20(27-30-15)16-9-3-2-4-10-16)23-25-24-21-17-11-5-6-12-18(17)22(26-29(21)23)28-13-7-8-14-28;1-3-2/h2-6,9-12H,7-8,13-14H2,1H3;3H,1-2H3. The van der Waals surface area contributed by atoms with Gasteiger partial charge in [0, 0.05) is 29.4 Å². The SMILES string of the molecule is CNC.Cc1onc(-c2ccccc2)c1-c1nnc2c3ccccc3c(N3CCCC3)nn12. The maximum Gasteiger partial charge on any atom is 0.191 e. The summed E-state index contributed by atoms with van der Waals surface area (Å²) in [5.74, 6) is 2.32. The summed E-state index contributed by atoms with van der Waals surface area (Å²) in [5.41, 5.74) is 3.29. The molecule has 5 aromatic rings. The zero-order chi connectivity index (χ0) is 22.8. The molecule has 0 amide bonds. The van der Waals surface area contributed by atoms with Gasteiger partial charge in [0.05, 0.1) is 5.56 Å². The van der Waals surface area contributed by atoms with Crippen molar-refractivity contribution in [2.24, 2.45) is 0 Å². The van der Waals surface area contributed by atoms with Crippen LogP contribution >= 0.6 is 0 Å². The average Bonchev–Trinajstić information content (AvgIpc) is 3.59. The molecule has 2 aromatic carbocycles. The smallest absolute Gasteiger partial charge is 0.191 e. The van der Waals surface area contributed by atoms with Crippen molar-refractivity contribution in [3.63, 3.8) is 0 Å². The van der Waals surface area contributed by atoms with Gasteiger partial charge in [-0.1, -0.05) is 59.8 Å². The number of hydrogen-bond acceptors (Lipinski definition) is 7. The van der Waals surface area contributed by atoms with Crippen LogP contribution in [0.15, 0.2) is 59.1 Å². The van der Waals surface area contributed by atoms with E-state index in [0.29, 0.717) is 11.6 Å². The van der Waals surface area contributed by atoms with Crippen molar-refractivity contribution in [1.29, 1.82) is 0 Å². The lowest BCUT2D eigenvalue weighted by Gasteiger charge is -2.18. The molecule has 0 bridgehead atoms. The Labute approximate surface area is 192 Å². The molecule has 0 radical (unpaired) electrons. The van der Waals surface area contributed by atoms with Crippen LogP contribution in [0.4, 0.5) is 5.82 Å². The molecule has 4 heterocycles. The van der Waals surface area contributed by atoms with Crippen molar-refractivity contribution in [2.45, 2.75) is 19.8 Å². The molecule has 168 valence electrons. The summed E-state index contributed by atoms with van der Waals surface area (Å²) in [7, 11) is 3.75. The second-order valence-corrected chi connectivity index (χ2v) is 8.15. The van der Waals surface area contributed by atoms with Crippen LogP contribution in [-0.2, 0) is 0 Å². The molecule has 8 nitrogen and oxygen atoms in total. The Morgan fingerprint density at radius 2 is 1.55 bits per heavy atom. The van der Waals surface area contributed by atoms with Gasteiger partial charge < -0.3 is 14.7 Å². The highest BCUT2D eigenvalue weighted by atomic mass is 16.5. The van der Waals surface area contributed by atoms with Crippen molar-refractivity contribution >= 4 is 22.2 Å². The molecule has 3 aromatic heterocycles. The van der Waals surface area contributed by atoms with Gasteiger partial charge in [0.1, 0.15) is 11.5 Å². The Kier molecular flexibility index (Phi) is 5.75. The Bertz CT molecular complexity index is 1380. The summed E-state index contributed by atoms with van der Waals surface area (Å²) in [4.78, 5) is 2.35. The molecule has 1 saturated heterocycles. The molecule has 33 heavy (non-hydrogen) atoms. The number of fused-ring (bicyclic) bond motifs is 3. The number of nitrogens with one attached hydrogen (secondary N) is 1. The van der Waals surface area contributed by atoms with Crippen LogP contribution in [0.5, 0.6) is 0 Å². The summed E-state index contributed by atoms with van der Waals surface area (Å²) in [5, 5.41) is 23.3. The number of anilines is 1. The van der Waals surface area contributed by atoms with E-state index in [1.807, 2.05) is 61.9 Å². The minimum atomic E-state index is 0.647. The van der Waals surface area contributed by atoms with Gasteiger partial charge in [0.2, 0.25) is 0 Å². The van der Waals surface area contributed by atoms with E-state index in [-0.39, 0.29) is 0 Å². The summed E-state index contributed by atoms with van der Waals surface area (Å²) in [6.45, 7) is 3.93. The Hall–Kier alpha value is -3.78. The van der Waals surface area contributed by atoms with Crippen molar-refractivity contribution in [3.05, 3.63) is 60.4 Å². The molecule has 6 rings (SSSR count). The molecule has 0 saturated carbocycles. The second kappa shape index (κ2) is 8.99. The van der Waals surface area contributed by atoms with E-state index in [1.165, 1.54) is 12.8 Å². The molecule has 0 aliphatic carbocycles. The summed E-state index contributed by atoms with van der Waals surface area (Å²) >= 11 is 0. The molecule has 0 atom stereocenters. The van der Waals surface area contributed by atoms with Crippen LogP contribution in [0.25, 0.3) is 39.1 Å². The van der Waals surface area contributed by atoms with E-state index in [9.17, 15) is 0 Å². The lowest BCUT2D eigenvalue weighted by atomic mass is 10.1. The van der Waals surface area contributed by atoms with Crippen molar-refractivity contribution in [1.82, 2.24) is 30.3 Å². The zero-order valence-electron chi connectivity index (χ0n) is 19.1. The number of nitrogens with zero attached hydrogens (tertiary/aromatic N) is 6. The lowest BCUT2D eigenvalue weighted by molar-refractivity contribution is 0.400. The zero-order valence-corrected chi connectivity index (χ0v) is 19.1. The van der Waals surface area contributed by atoms with Gasteiger partial charge in [-0.15, -0.1) is 15.3 Å². The highest BCUT2D eigenvalue weighted by Crippen LogP contribution is 2.35. The number of hydrogen-bond donors (Lipinski definition) is 1. The number of rotatable bonds is 3. The van der Waals surface area contributed by atoms with Gasteiger partial charge in [0.15, 0.2) is 17.3 Å². The van der Waals surface area contributed by atoms with Gasteiger partial charge in [-0.05, 0) is 33.9 Å². The van der Waals surface area contributed by atoms with E-state index in [1.54, 1.807) is 0 Å². The quantitative estimate of drug-likeness (QED) is 0.446. The fraction of sp³-hybridized carbons (Fsp3) is 0.280. The molecule has 0 unspecified atom stereocenters. The van der Waals surface area contributed by atoms with Crippen molar-refractivity contribution < 1.29 is 4.52 Å². The lowest BCUT2D eigenvalue weighted by Crippen LogP contribution is -2.20. The first-order valence-electron chi connectivity index (χ1n) is 11.2. The van der Waals surface area contributed by atoms with Crippen LogP contribution in [0, 0.1) is 6.92 Å². The Balaban J connectivity index is 0.000000724. The highest BCUT2D eigenvalue weighted by Gasteiger charge is 2.25. The predicted octanol–water partition coefficient (Wildman–Crippen LogP) is 4.34. The molecule has 8 heteroatoms.